The lowest BCUT2D eigenvalue weighted by molar-refractivity contribution is 0.625. The average Bonchev–Trinajstić information content (AvgIpc) is 2.46. The minimum Gasteiger partial charge on any atom is -0.207 e. The molecule has 0 amide bonds. The number of hydrogen-bond donors (Lipinski definition) is 0. The van der Waals surface area contributed by atoms with Crippen LogP contribution in [0.2, 0.25) is 0 Å². The highest BCUT2D eigenvalue weighted by molar-refractivity contribution is 9.09. The zero-order valence-electron chi connectivity index (χ0n) is 11.9. The van der Waals surface area contributed by atoms with E-state index < -0.39 is 0 Å². The maximum atomic E-state index is 13.2. The summed E-state index contributed by atoms with van der Waals surface area (Å²) in [6.07, 6.45) is 1.95. The number of alkyl halides is 1. The van der Waals surface area contributed by atoms with E-state index in [1.54, 1.807) is 12.1 Å². The van der Waals surface area contributed by atoms with Gasteiger partial charge in [0.1, 0.15) is 5.82 Å². The SMILES string of the molecule is CCC(C)c1ccc(C(Br)Cc2cccc(F)c2)cc1. The molecule has 0 saturated heterocycles. The standard InChI is InChI=1S/C18H20BrF/c1-3-13(2)15-7-9-16(10-8-15)18(19)12-14-5-4-6-17(20)11-14/h4-11,13,18H,3,12H2,1-2H3. The fourth-order valence-electron chi connectivity index (χ4n) is 2.26. The van der Waals surface area contributed by atoms with Gasteiger partial charge in [0.25, 0.3) is 0 Å². The van der Waals surface area contributed by atoms with Crippen molar-refractivity contribution in [3.8, 4) is 0 Å². The summed E-state index contributed by atoms with van der Waals surface area (Å²) in [7, 11) is 0. The van der Waals surface area contributed by atoms with E-state index in [0.717, 1.165) is 18.4 Å². The maximum absolute atomic E-state index is 13.2. The second-order valence-corrected chi connectivity index (χ2v) is 6.38. The molecule has 0 aromatic heterocycles. The third kappa shape index (κ3) is 3.92. The molecule has 0 aliphatic rings. The van der Waals surface area contributed by atoms with Gasteiger partial charge in [-0.15, -0.1) is 0 Å². The van der Waals surface area contributed by atoms with E-state index in [4.69, 9.17) is 0 Å². The quantitative estimate of drug-likeness (QED) is 0.586. The Morgan fingerprint density at radius 1 is 1.05 bits per heavy atom. The van der Waals surface area contributed by atoms with Gasteiger partial charge < -0.3 is 0 Å². The fraction of sp³-hybridized carbons (Fsp3) is 0.333. The van der Waals surface area contributed by atoms with Gasteiger partial charge in [-0.05, 0) is 47.6 Å². The van der Waals surface area contributed by atoms with Crippen LogP contribution >= 0.6 is 15.9 Å². The van der Waals surface area contributed by atoms with Gasteiger partial charge in [0.05, 0.1) is 0 Å². The zero-order valence-corrected chi connectivity index (χ0v) is 13.5. The first-order valence-electron chi connectivity index (χ1n) is 7.08. The summed E-state index contributed by atoms with van der Waals surface area (Å²) < 4.78 is 13.2. The number of halogens is 2. The summed E-state index contributed by atoms with van der Waals surface area (Å²) in [5, 5.41) is 0. The van der Waals surface area contributed by atoms with E-state index in [-0.39, 0.29) is 10.6 Å². The van der Waals surface area contributed by atoms with Crippen LogP contribution in [0.4, 0.5) is 4.39 Å². The van der Waals surface area contributed by atoms with E-state index in [1.165, 1.54) is 17.2 Å². The summed E-state index contributed by atoms with van der Waals surface area (Å²) in [5.74, 6) is 0.426. The molecular formula is C18H20BrF. The second-order valence-electron chi connectivity index (χ2n) is 5.28. The Kier molecular flexibility index (Phi) is 5.36. The molecule has 20 heavy (non-hydrogen) atoms. The highest BCUT2D eigenvalue weighted by Crippen LogP contribution is 2.29. The van der Waals surface area contributed by atoms with Crippen molar-refractivity contribution in [1.29, 1.82) is 0 Å². The molecule has 0 heterocycles. The van der Waals surface area contributed by atoms with Crippen LogP contribution in [0.1, 0.15) is 47.7 Å². The molecule has 0 fully saturated rings. The molecular weight excluding hydrogens is 315 g/mol. The minimum atomic E-state index is -0.172. The van der Waals surface area contributed by atoms with Crippen molar-refractivity contribution in [2.24, 2.45) is 0 Å². The number of hydrogen-bond acceptors (Lipinski definition) is 0. The van der Waals surface area contributed by atoms with Crippen molar-refractivity contribution in [1.82, 2.24) is 0 Å². The lowest BCUT2D eigenvalue weighted by atomic mass is 9.96. The molecule has 2 heteroatoms. The molecule has 2 rings (SSSR count). The summed E-state index contributed by atoms with van der Waals surface area (Å²) in [6.45, 7) is 4.45. The Morgan fingerprint density at radius 3 is 2.30 bits per heavy atom. The van der Waals surface area contributed by atoms with Crippen molar-refractivity contribution in [3.63, 3.8) is 0 Å². The Morgan fingerprint density at radius 2 is 1.70 bits per heavy atom. The zero-order chi connectivity index (χ0) is 14.5. The van der Waals surface area contributed by atoms with Crippen LogP contribution in [-0.4, -0.2) is 0 Å². The van der Waals surface area contributed by atoms with Crippen LogP contribution in [0.15, 0.2) is 48.5 Å². The van der Waals surface area contributed by atoms with Crippen molar-refractivity contribution < 1.29 is 4.39 Å². The highest BCUT2D eigenvalue weighted by atomic mass is 79.9. The molecule has 2 aromatic carbocycles. The third-order valence-corrected chi connectivity index (χ3v) is 4.64. The normalized spacial score (nSPS) is 14.0. The van der Waals surface area contributed by atoms with Crippen molar-refractivity contribution in [2.75, 3.05) is 0 Å². The van der Waals surface area contributed by atoms with Crippen LogP contribution in [-0.2, 0) is 6.42 Å². The summed E-state index contributed by atoms with van der Waals surface area (Å²) in [4.78, 5) is 0.218. The average molecular weight is 335 g/mol. The first-order chi connectivity index (χ1) is 9.60. The largest absolute Gasteiger partial charge is 0.207 e. The van der Waals surface area contributed by atoms with Gasteiger partial charge in [-0.1, -0.05) is 66.2 Å². The Bertz CT molecular complexity index is 548. The summed E-state index contributed by atoms with van der Waals surface area (Å²) >= 11 is 3.70. The van der Waals surface area contributed by atoms with Gasteiger partial charge in [-0.25, -0.2) is 4.39 Å². The Balaban J connectivity index is 2.07. The number of rotatable bonds is 5. The van der Waals surface area contributed by atoms with E-state index in [9.17, 15) is 4.39 Å². The van der Waals surface area contributed by atoms with Gasteiger partial charge in [0.15, 0.2) is 0 Å². The van der Waals surface area contributed by atoms with E-state index in [2.05, 4.69) is 54.0 Å². The van der Waals surface area contributed by atoms with Gasteiger partial charge in [0.2, 0.25) is 0 Å². The molecule has 2 aromatic rings. The van der Waals surface area contributed by atoms with Gasteiger partial charge in [0, 0.05) is 4.83 Å². The smallest absolute Gasteiger partial charge is 0.123 e. The molecule has 0 N–H and O–H groups in total. The topological polar surface area (TPSA) is 0 Å². The molecule has 2 atom stereocenters. The predicted octanol–water partition coefficient (Wildman–Crippen LogP) is 6.02. The van der Waals surface area contributed by atoms with E-state index in [1.807, 2.05) is 6.07 Å². The molecule has 0 aliphatic carbocycles. The van der Waals surface area contributed by atoms with Gasteiger partial charge in [-0.2, -0.15) is 0 Å². The van der Waals surface area contributed by atoms with Crippen molar-refractivity contribution in [3.05, 3.63) is 71.0 Å². The van der Waals surface area contributed by atoms with Gasteiger partial charge in [-0.3, -0.25) is 0 Å². The molecule has 2 unspecified atom stereocenters. The minimum absolute atomic E-state index is 0.172. The summed E-state index contributed by atoms with van der Waals surface area (Å²) in [5.41, 5.74) is 3.63. The van der Waals surface area contributed by atoms with Crippen LogP contribution in [0.3, 0.4) is 0 Å². The molecule has 106 valence electrons. The fourth-order valence-corrected chi connectivity index (χ4v) is 2.94. The first-order valence-corrected chi connectivity index (χ1v) is 8.00. The van der Waals surface area contributed by atoms with Crippen LogP contribution in [0.25, 0.3) is 0 Å². The first kappa shape index (κ1) is 15.2. The van der Waals surface area contributed by atoms with Crippen molar-refractivity contribution >= 4 is 15.9 Å². The van der Waals surface area contributed by atoms with Crippen LogP contribution in [0.5, 0.6) is 0 Å². The monoisotopic (exact) mass is 334 g/mol. The molecule has 0 radical (unpaired) electrons. The highest BCUT2D eigenvalue weighted by Gasteiger charge is 2.10. The molecule has 0 saturated carbocycles. The third-order valence-electron chi connectivity index (χ3n) is 3.78. The van der Waals surface area contributed by atoms with E-state index in [0.29, 0.717) is 5.92 Å². The van der Waals surface area contributed by atoms with E-state index >= 15 is 0 Å². The second kappa shape index (κ2) is 7.03. The Hall–Kier alpha value is -1.15. The molecule has 0 aliphatic heterocycles. The lowest BCUT2D eigenvalue weighted by Crippen LogP contribution is -1.97. The maximum Gasteiger partial charge on any atom is 0.123 e. The Labute approximate surface area is 129 Å². The lowest BCUT2D eigenvalue weighted by Gasteiger charge is -2.13. The molecule has 0 spiro atoms. The predicted molar refractivity (Wildman–Crippen MR) is 86.9 cm³/mol. The van der Waals surface area contributed by atoms with Crippen LogP contribution < -0.4 is 0 Å². The van der Waals surface area contributed by atoms with Crippen molar-refractivity contribution in [2.45, 2.75) is 37.4 Å². The van der Waals surface area contributed by atoms with Gasteiger partial charge >= 0.3 is 0 Å². The molecule has 0 nitrogen and oxygen atoms in total. The number of benzene rings is 2. The van der Waals surface area contributed by atoms with Crippen LogP contribution in [0, 0.1) is 5.82 Å². The summed E-state index contributed by atoms with van der Waals surface area (Å²) in [6, 6.07) is 15.5. The molecule has 0 bridgehead atoms.